The van der Waals surface area contributed by atoms with Crippen molar-refractivity contribution >= 4 is 56.7 Å². The molecule has 0 bridgehead atoms. The van der Waals surface area contributed by atoms with Crippen LogP contribution in [0.2, 0.25) is 10.0 Å². The lowest BCUT2D eigenvalue weighted by molar-refractivity contribution is 0.566. The van der Waals surface area contributed by atoms with Crippen LogP contribution in [-0.4, -0.2) is 0 Å². The Kier molecular flexibility index (Phi) is 4.77. The smallest absolute Gasteiger partial charge is 0.348 e. The van der Waals surface area contributed by atoms with Crippen LogP contribution in [0.3, 0.4) is 0 Å². The van der Waals surface area contributed by atoms with Gasteiger partial charge in [0.05, 0.1) is 21.0 Å². The van der Waals surface area contributed by atoms with Gasteiger partial charge in [0.2, 0.25) is 5.88 Å². The van der Waals surface area contributed by atoms with E-state index in [1.54, 1.807) is 24.3 Å². The zero-order chi connectivity index (χ0) is 21.7. The van der Waals surface area contributed by atoms with Crippen LogP contribution in [0, 0.1) is 13.8 Å². The van der Waals surface area contributed by atoms with Crippen molar-refractivity contribution < 1.29 is 8.83 Å². The number of aryl methyl sites for hydroxylation is 2. The molecule has 0 fully saturated rings. The SMILES string of the molecule is Cc1ccc(Nc2oc3c(c2-c2ccc(Cl)c(Cl)c2)c(=O)oc2ccccc23)c(C)c1. The Balaban J connectivity index is 1.84. The van der Waals surface area contributed by atoms with Crippen LogP contribution in [0.1, 0.15) is 11.1 Å². The van der Waals surface area contributed by atoms with Gasteiger partial charge in [-0.25, -0.2) is 4.79 Å². The molecule has 0 spiro atoms. The summed E-state index contributed by atoms with van der Waals surface area (Å²) < 4.78 is 11.9. The quantitative estimate of drug-likeness (QED) is 0.284. The molecule has 2 aromatic heterocycles. The predicted molar refractivity (Wildman–Crippen MR) is 127 cm³/mol. The molecule has 5 aromatic rings. The Morgan fingerprint density at radius 1 is 0.871 bits per heavy atom. The Labute approximate surface area is 188 Å². The van der Waals surface area contributed by atoms with Crippen molar-refractivity contribution in [2.45, 2.75) is 13.8 Å². The highest BCUT2D eigenvalue weighted by Crippen LogP contribution is 2.42. The molecule has 2 heterocycles. The number of anilines is 2. The second kappa shape index (κ2) is 7.49. The zero-order valence-electron chi connectivity index (χ0n) is 16.8. The fourth-order valence-corrected chi connectivity index (χ4v) is 4.10. The van der Waals surface area contributed by atoms with Crippen molar-refractivity contribution in [3.63, 3.8) is 0 Å². The number of hydrogen-bond donors (Lipinski definition) is 1. The van der Waals surface area contributed by atoms with Crippen LogP contribution < -0.4 is 10.9 Å². The van der Waals surface area contributed by atoms with E-state index in [0.29, 0.717) is 49.0 Å². The van der Waals surface area contributed by atoms with Gasteiger partial charge >= 0.3 is 5.63 Å². The van der Waals surface area contributed by atoms with Gasteiger partial charge in [-0.3, -0.25) is 0 Å². The van der Waals surface area contributed by atoms with E-state index in [-0.39, 0.29) is 0 Å². The third kappa shape index (κ3) is 3.38. The van der Waals surface area contributed by atoms with E-state index in [9.17, 15) is 4.79 Å². The second-order valence-corrected chi connectivity index (χ2v) is 8.28. The molecule has 154 valence electrons. The third-order valence-corrected chi connectivity index (χ3v) is 6.02. The first-order valence-corrected chi connectivity index (χ1v) is 10.5. The van der Waals surface area contributed by atoms with Crippen molar-refractivity contribution in [2.75, 3.05) is 5.32 Å². The molecule has 0 amide bonds. The van der Waals surface area contributed by atoms with E-state index in [1.165, 1.54) is 0 Å². The molecule has 0 aliphatic rings. The lowest BCUT2D eigenvalue weighted by Gasteiger charge is -2.10. The largest absolute Gasteiger partial charge is 0.439 e. The number of fused-ring (bicyclic) bond motifs is 3. The van der Waals surface area contributed by atoms with Gasteiger partial charge in [0.15, 0.2) is 5.58 Å². The van der Waals surface area contributed by atoms with Crippen LogP contribution in [0.5, 0.6) is 0 Å². The lowest BCUT2D eigenvalue weighted by Crippen LogP contribution is -2.00. The number of rotatable bonds is 3. The molecule has 5 rings (SSSR count). The zero-order valence-corrected chi connectivity index (χ0v) is 18.3. The number of benzene rings is 3. The molecule has 31 heavy (non-hydrogen) atoms. The Bertz CT molecular complexity index is 1530. The normalized spacial score (nSPS) is 11.4. The van der Waals surface area contributed by atoms with Gasteiger partial charge in [-0.05, 0) is 55.3 Å². The van der Waals surface area contributed by atoms with Crippen LogP contribution in [0.4, 0.5) is 11.6 Å². The molecule has 6 heteroatoms. The first-order valence-electron chi connectivity index (χ1n) is 9.70. The van der Waals surface area contributed by atoms with Crippen molar-refractivity contribution in [2.24, 2.45) is 0 Å². The highest BCUT2D eigenvalue weighted by molar-refractivity contribution is 6.42. The van der Waals surface area contributed by atoms with Gasteiger partial charge in [0.25, 0.3) is 0 Å². The monoisotopic (exact) mass is 449 g/mol. The summed E-state index contributed by atoms with van der Waals surface area (Å²) in [5.41, 5.74) is 4.80. The molecule has 0 saturated heterocycles. The summed E-state index contributed by atoms with van der Waals surface area (Å²) in [6, 6.07) is 18.6. The second-order valence-electron chi connectivity index (χ2n) is 7.47. The maximum atomic E-state index is 13.0. The average Bonchev–Trinajstić information content (AvgIpc) is 3.12. The molecule has 4 nitrogen and oxygen atoms in total. The van der Waals surface area contributed by atoms with Crippen molar-refractivity contribution in [3.05, 3.63) is 92.3 Å². The standard InChI is InChI=1S/C25H17Cl2NO3/c1-13-7-10-19(14(2)11-13)28-24-21(15-8-9-17(26)18(27)12-15)22-23(31-24)16-5-3-4-6-20(16)30-25(22)29/h3-12,28H,1-2H3. The first kappa shape index (κ1) is 19.7. The fraction of sp³-hybridized carbons (Fsp3) is 0.0800. The Morgan fingerprint density at radius 2 is 1.68 bits per heavy atom. The van der Waals surface area contributed by atoms with Crippen LogP contribution in [0.25, 0.3) is 33.1 Å². The van der Waals surface area contributed by atoms with Gasteiger partial charge in [0.1, 0.15) is 11.0 Å². The number of halogens is 2. The average molecular weight is 450 g/mol. The van der Waals surface area contributed by atoms with Crippen molar-refractivity contribution in [3.8, 4) is 11.1 Å². The summed E-state index contributed by atoms with van der Waals surface area (Å²) >= 11 is 12.4. The predicted octanol–water partition coefficient (Wildman–Crippen LogP) is 7.87. The molecule has 3 aromatic carbocycles. The van der Waals surface area contributed by atoms with E-state index >= 15 is 0 Å². The summed E-state index contributed by atoms with van der Waals surface area (Å²) in [5.74, 6) is 0.434. The van der Waals surface area contributed by atoms with Gasteiger partial charge in [-0.2, -0.15) is 0 Å². The molecule has 0 aliphatic carbocycles. The summed E-state index contributed by atoms with van der Waals surface area (Å²) in [6.45, 7) is 4.05. The third-order valence-electron chi connectivity index (χ3n) is 5.29. The highest BCUT2D eigenvalue weighted by Gasteiger charge is 2.23. The molecule has 0 saturated carbocycles. The van der Waals surface area contributed by atoms with E-state index < -0.39 is 5.63 Å². The topological polar surface area (TPSA) is 55.4 Å². The minimum absolute atomic E-state index is 0.351. The number of para-hydroxylation sites is 1. The van der Waals surface area contributed by atoms with E-state index in [0.717, 1.165) is 16.8 Å². The molecule has 1 N–H and O–H groups in total. The Hall–Kier alpha value is -3.21. The van der Waals surface area contributed by atoms with E-state index in [2.05, 4.69) is 11.4 Å². The molecule has 0 radical (unpaired) electrons. The summed E-state index contributed by atoms with van der Waals surface area (Å²) in [5, 5.41) is 5.24. The minimum Gasteiger partial charge on any atom is -0.439 e. The molecule has 0 aliphatic heterocycles. The van der Waals surface area contributed by atoms with Crippen molar-refractivity contribution in [1.29, 1.82) is 0 Å². The van der Waals surface area contributed by atoms with Gasteiger partial charge in [-0.1, -0.05) is 59.1 Å². The summed E-state index contributed by atoms with van der Waals surface area (Å²) in [7, 11) is 0. The fourth-order valence-electron chi connectivity index (χ4n) is 3.80. The van der Waals surface area contributed by atoms with E-state index in [4.69, 9.17) is 32.0 Å². The Morgan fingerprint density at radius 3 is 2.45 bits per heavy atom. The summed E-state index contributed by atoms with van der Waals surface area (Å²) in [4.78, 5) is 13.0. The molecule has 0 unspecified atom stereocenters. The molecule has 0 atom stereocenters. The maximum absolute atomic E-state index is 13.0. The molecular weight excluding hydrogens is 433 g/mol. The minimum atomic E-state index is -0.479. The van der Waals surface area contributed by atoms with Crippen LogP contribution >= 0.6 is 23.2 Å². The number of nitrogens with one attached hydrogen (secondary N) is 1. The first-order chi connectivity index (χ1) is 14.9. The van der Waals surface area contributed by atoms with Crippen molar-refractivity contribution in [1.82, 2.24) is 0 Å². The van der Waals surface area contributed by atoms with Crippen LogP contribution in [-0.2, 0) is 0 Å². The van der Waals surface area contributed by atoms with Gasteiger partial charge in [0, 0.05) is 5.69 Å². The van der Waals surface area contributed by atoms with E-state index in [1.807, 2.05) is 44.2 Å². The number of furan rings is 1. The van der Waals surface area contributed by atoms with Gasteiger partial charge in [-0.15, -0.1) is 0 Å². The number of hydrogen-bond acceptors (Lipinski definition) is 4. The molecular formula is C25H17Cl2NO3. The van der Waals surface area contributed by atoms with Gasteiger partial charge < -0.3 is 14.2 Å². The van der Waals surface area contributed by atoms with Crippen LogP contribution in [0.15, 0.2) is 74.3 Å². The summed E-state index contributed by atoms with van der Waals surface area (Å²) in [6.07, 6.45) is 0. The highest BCUT2D eigenvalue weighted by atomic mass is 35.5. The lowest BCUT2D eigenvalue weighted by atomic mass is 10.0. The maximum Gasteiger partial charge on any atom is 0.348 e.